The second-order valence-corrected chi connectivity index (χ2v) is 4.67. The van der Waals surface area contributed by atoms with Crippen LogP contribution in [0, 0.1) is 6.92 Å². The monoisotopic (exact) mass is 312 g/mol. The number of hydrogen-bond donors (Lipinski definition) is 2. The van der Waals surface area contributed by atoms with Crippen LogP contribution in [-0.2, 0) is 0 Å². The van der Waals surface area contributed by atoms with Crippen molar-refractivity contribution in [3.8, 4) is 0 Å². The maximum atomic E-state index is 5.77. The van der Waals surface area contributed by atoms with Gasteiger partial charge >= 0.3 is 0 Å². The molecule has 0 spiro atoms. The van der Waals surface area contributed by atoms with Crippen LogP contribution < -0.4 is 11.1 Å². The van der Waals surface area contributed by atoms with E-state index in [-0.39, 0.29) is 5.28 Å². The summed E-state index contributed by atoms with van der Waals surface area (Å²) in [4.78, 5) is 7.84. The zero-order valence-corrected chi connectivity index (χ0v) is 11.4. The average molecular weight is 314 g/mol. The highest BCUT2D eigenvalue weighted by Crippen LogP contribution is 2.27. The zero-order chi connectivity index (χ0) is 12.4. The number of aromatic nitrogens is 2. The molecule has 0 bridgehead atoms. The predicted molar refractivity (Wildman–Crippen MR) is 73.6 cm³/mol. The third kappa shape index (κ3) is 2.68. The van der Waals surface area contributed by atoms with E-state index in [2.05, 4.69) is 31.2 Å². The van der Waals surface area contributed by atoms with E-state index in [0.717, 1.165) is 15.7 Å². The van der Waals surface area contributed by atoms with E-state index >= 15 is 0 Å². The fraction of sp³-hybridized carbons (Fsp3) is 0.0909. The van der Waals surface area contributed by atoms with E-state index in [1.807, 2.05) is 25.1 Å². The molecule has 0 amide bonds. The van der Waals surface area contributed by atoms with E-state index in [4.69, 9.17) is 17.3 Å². The third-order valence-corrected chi connectivity index (χ3v) is 3.35. The summed E-state index contributed by atoms with van der Waals surface area (Å²) in [7, 11) is 0. The molecule has 0 saturated carbocycles. The van der Waals surface area contributed by atoms with Crippen LogP contribution in [0.5, 0.6) is 0 Å². The minimum Gasteiger partial charge on any atom is -0.394 e. The number of benzene rings is 1. The summed E-state index contributed by atoms with van der Waals surface area (Å²) in [5, 5.41) is 3.29. The molecule has 1 heterocycles. The molecule has 2 aromatic rings. The number of halogens is 2. The molecule has 1 aromatic heterocycles. The molecule has 2 rings (SSSR count). The molecule has 0 unspecified atom stereocenters. The predicted octanol–water partition coefficient (Wildman–Crippen LogP) is 3.53. The van der Waals surface area contributed by atoms with Gasteiger partial charge in [-0.2, -0.15) is 4.98 Å². The summed E-state index contributed by atoms with van der Waals surface area (Å²) in [5.74, 6) is 0.506. The van der Waals surface area contributed by atoms with Crippen molar-refractivity contribution in [2.75, 3.05) is 11.1 Å². The first-order valence-corrected chi connectivity index (χ1v) is 6.05. The van der Waals surface area contributed by atoms with Crippen LogP contribution in [0.15, 0.2) is 28.9 Å². The van der Waals surface area contributed by atoms with Crippen molar-refractivity contribution in [3.63, 3.8) is 0 Å². The van der Waals surface area contributed by atoms with Gasteiger partial charge in [-0.05, 0) is 36.2 Å². The molecule has 3 N–H and O–H groups in total. The molecule has 4 nitrogen and oxygen atoms in total. The van der Waals surface area contributed by atoms with Gasteiger partial charge in [0.2, 0.25) is 5.28 Å². The molecule has 0 saturated heterocycles. The lowest BCUT2D eigenvalue weighted by molar-refractivity contribution is 1.17. The second-order valence-electron chi connectivity index (χ2n) is 3.48. The molecular weight excluding hydrogens is 304 g/mol. The number of nitrogens with two attached hydrogens (primary N) is 1. The standard InChI is InChI=1S/C11H10BrClN4/c1-6-7(12)3-2-4-9(6)16-10-8(14)5-15-11(13)17-10/h2-5H,14H2,1H3,(H,15,16,17). The minimum absolute atomic E-state index is 0.161. The number of hydrogen-bond acceptors (Lipinski definition) is 4. The molecule has 0 aliphatic carbocycles. The Labute approximate surface area is 112 Å². The van der Waals surface area contributed by atoms with E-state index in [1.54, 1.807) is 0 Å². The summed E-state index contributed by atoms with van der Waals surface area (Å²) < 4.78 is 1.02. The van der Waals surface area contributed by atoms with Gasteiger partial charge in [0.25, 0.3) is 0 Å². The summed E-state index contributed by atoms with van der Waals surface area (Å²) in [5.41, 5.74) is 8.21. The first kappa shape index (κ1) is 12.1. The summed E-state index contributed by atoms with van der Waals surface area (Å²) in [6, 6.07) is 5.84. The topological polar surface area (TPSA) is 63.8 Å². The van der Waals surface area contributed by atoms with E-state index in [1.165, 1.54) is 6.20 Å². The van der Waals surface area contributed by atoms with Crippen molar-refractivity contribution in [1.82, 2.24) is 9.97 Å². The number of nitrogens with one attached hydrogen (secondary N) is 1. The Kier molecular flexibility index (Phi) is 3.49. The van der Waals surface area contributed by atoms with Crippen LogP contribution in [0.4, 0.5) is 17.2 Å². The van der Waals surface area contributed by atoms with Crippen LogP contribution in [-0.4, -0.2) is 9.97 Å². The Morgan fingerprint density at radius 1 is 1.41 bits per heavy atom. The van der Waals surface area contributed by atoms with Gasteiger partial charge in [0.1, 0.15) is 0 Å². The Morgan fingerprint density at radius 3 is 2.94 bits per heavy atom. The summed E-state index contributed by atoms with van der Waals surface area (Å²) in [6.45, 7) is 1.99. The second kappa shape index (κ2) is 4.89. The SMILES string of the molecule is Cc1c(Br)cccc1Nc1nc(Cl)ncc1N. The molecule has 0 atom stereocenters. The lowest BCUT2D eigenvalue weighted by Gasteiger charge is -2.11. The molecule has 1 aromatic carbocycles. The molecule has 6 heteroatoms. The quantitative estimate of drug-likeness (QED) is 0.833. The first-order valence-electron chi connectivity index (χ1n) is 4.88. The van der Waals surface area contributed by atoms with Crippen molar-refractivity contribution in [3.05, 3.63) is 39.7 Å². The number of rotatable bonds is 2. The normalized spacial score (nSPS) is 10.3. The van der Waals surface area contributed by atoms with Crippen molar-refractivity contribution in [1.29, 1.82) is 0 Å². The van der Waals surface area contributed by atoms with E-state index < -0.39 is 0 Å². The number of nitrogen functional groups attached to an aromatic ring is 1. The highest BCUT2D eigenvalue weighted by molar-refractivity contribution is 9.10. The van der Waals surface area contributed by atoms with Crippen LogP contribution >= 0.6 is 27.5 Å². The van der Waals surface area contributed by atoms with E-state index in [9.17, 15) is 0 Å². The fourth-order valence-electron chi connectivity index (χ4n) is 1.34. The van der Waals surface area contributed by atoms with Crippen molar-refractivity contribution < 1.29 is 0 Å². The largest absolute Gasteiger partial charge is 0.394 e. The summed E-state index contributed by atoms with van der Waals surface area (Å²) in [6.07, 6.45) is 1.48. The van der Waals surface area contributed by atoms with Gasteiger partial charge in [-0.1, -0.05) is 22.0 Å². The van der Waals surface area contributed by atoms with Gasteiger partial charge < -0.3 is 11.1 Å². The van der Waals surface area contributed by atoms with Crippen molar-refractivity contribution in [2.24, 2.45) is 0 Å². The molecule has 0 aliphatic rings. The molecule has 0 fully saturated rings. The highest BCUT2D eigenvalue weighted by atomic mass is 79.9. The van der Waals surface area contributed by atoms with Gasteiger partial charge in [0.05, 0.1) is 11.9 Å². The van der Waals surface area contributed by atoms with Crippen LogP contribution in [0.25, 0.3) is 0 Å². The minimum atomic E-state index is 0.161. The number of nitrogens with zero attached hydrogens (tertiary/aromatic N) is 2. The van der Waals surface area contributed by atoms with Gasteiger partial charge in [0.15, 0.2) is 5.82 Å². The Hall–Kier alpha value is -1.33. The third-order valence-electron chi connectivity index (χ3n) is 2.31. The Bertz CT molecular complexity index is 559. The number of anilines is 3. The van der Waals surface area contributed by atoms with Crippen molar-refractivity contribution in [2.45, 2.75) is 6.92 Å². The lowest BCUT2D eigenvalue weighted by atomic mass is 10.2. The lowest BCUT2D eigenvalue weighted by Crippen LogP contribution is -2.01. The average Bonchev–Trinajstić information content (AvgIpc) is 2.30. The zero-order valence-electron chi connectivity index (χ0n) is 9.04. The van der Waals surface area contributed by atoms with Gasteiger partial charge in [-0.25, -0.2) is 4.98 Å². The maximum Gasteiger partial charge on any atom is 0.224 e. The fourth-order valence-corrected chi connectivity index (χ4v) is 1.84. The maximum absolute atomic E-state index is 5.77. The highest BCUT2D eigenvalue weighted by Gasteiger charge is 2.06. The molecule has 17 heavy (non-hydrogen) atoms. The van der Waals surface area contributed by atoms with Gasteiger partial charge in [0, 0.05) is 10.2 Å². The van der Waals surface area contributed by atoms with Crippen LogP contribution in [0.1, 0.15) is 5.56 Å². The summed E-state index contributed by atoms with van der Waals surface area (Å²) >= 11 is 9.19. The van der Waals surface area contributed by atoms with Crippen LogP contribution in [0.2, 0.25) is 5.28 Å². The van der Waals surface area contributed by atoms with Crippen molar-refractivity contribution >= 4 is 44.7 Å². The molecule has 0 aliphatic heterocycles. The Balaban J connectivity index is 2.38. The first-order chi connectivity index (χ1) is 8.08. The smallest absolute Gasteiger partial charge is 0.224 e. The van der Waals surface area contributed by atoms with E-state index in [0.29, 0.717) is 11.5 Å². The Morgan fingerprint density at radius 2 is 2.18 bits per heavy atom. The van der Waals surface area contributed by atoms with Gasteiger partial charge in [-0.3, -0.25) is 0 Å². The van der Waals surface area contributed by atoms with Gasteiger partial charge in [-0.15, -0.1) is 0 Å². The van der Waals surface area contributed by atoms with Crippen LogP contribution in [0.3, 0.4) is 0 Å². The molecule has 0 radical (unpaired) electrons. The molecule has 88 valence electrons. The molecular formula is C11H10BrClN4.